The Morgan fingerprint density at radius 3 is 2.51 bits per heavy atom. The lowest BCUT2D eigenvalue weighted by atomic mass is 9.79. The number of nitrogens with one attached hydrogen (secondary N) is 1. The van der Waals surface area contributed by atoms with E-state index in [1.165, 1.54) is 19.3 Å². The van der Waals surface area contributed by atoms with Gasteiger partial charge in [-0.3, -0.25) is 14.3 Å². The van der Waals surface area contributed by atoms with Crippen LogP contribution < -0.4 is 5.32 Å². The van der Waals surface area contributed by atoms with E-state index in [1.807, 2.05) is 12.1 Å². The Labute approximate surface area is 210 Å². The lowest BCUT2D eigenvalue weighted by molar-refractivity contribution is 0.00925. The molecule has 9 heteroatoms. The van der Waals surface area contributed by atoms with Crippen molar-refractivity contribution in [1.82, 2.24) is 29.7 Å². The van der Waals surface area contributed by atoms with Crippen LogP contribution in [0, 0.1) is 5.82 Å². The van der Waals surface area contributed by atoms with E-state index in [9.17, 15) is 9.18 Å². The fourth-order valence-electron chi connectivity index (χ4n) is 5.70. The summed E-state index contributed by atoms with van der Waals surface area (Å²) in [5.74, 6) is -0.393. The fraction of sp³-hybridized carbons (Fsp3) is 0.500. The SMILES string of the molecule is CCN1CCN(C2(CNC(=O)c3cn(-c4ncc(F)cn4)c4cccc(Cl)c34)CCCCC2)CC1. The van der Waals surface area contributed by atoms with Crippen molar-refractivity contribution in [3.63, 3.8) is 0 Å². The highest BCUT2D eigenvalue weighted by molar-refractivity contribution is 6.37. The van der Waals surface area contributed by atoms with Crippen molar-refractivity contribution in [2.75, 3.05) is 39.3 Å². The van der Waals surface area contributed by atoms with Gasteiger partial charge in [0.2, 0.25) is 5.95 Å². The van der Waals surface area contributed by atoms with Gasteiger partial charge in [-0.15, -0.1) is 0 Å². The average Bonchev–Trinajstić information content (AvgIpc) is 3.29. The van der Waals surface area contributed by atoms with Gasteiger partial charge in [0.25, 0.3) is 5.91 Å². The van der Waals surface area contributed by atoms with E-state index in [4.69, 9.17) is 11.6 Å². The molecular weight excluding hydrogens is 467 g/mol. The molecule has 1 N–H and O–H groups in total. The Bertz CT molecular complexity index is 1180. The third kappa shape index (κ3) is 4.79. The summed E-state index contributed by atoms with van der Waals surface area (Å²) in [6.07, 6.45) is 9.77. The first-order valence-electron chi connectivity index (χ1n) is 12.5. The number of rotatable bonds is 6. The average molecular weight is 499 g/mol. The second-order valence-corrected chi connectivity index (χ2v) is 10.0. The second kappa shape index (κ2) is 10.2. The first-order chi connectivity index (χ1) is 17.0. The van der Waals surface area contributed by atoms with E-state index < -0.39 is 5.82 Å². The number of hydrogen-bond acceptors (Lipinski definition) is 5. The van der Waals surface area contributed by atoms with Gasteiger partial charge in [0.15, 0.2) is 5.82 Å². The van der Waals surface area contributed by atoms with E-state index in [0.29, 0.717) is 28.0 Å². The van der Waals surface area contributed by atoms with Gasteiger partial charge < -0.3 is 10.2 Å². The molecule has 0 unspecified atom stereocenters. The van der Waals surface area contributed by atoms with Crippen LogP contribution in [0.2, 0.25) is 5.02 Å². The molecule has 1 aromatic carbocycles. The molecule has 1 aliphatic carbocycles. The van der Waals surface area contributed by atoms with Crippen LogP contribution in [0.5, 0.6) is 0 Å². The first-order valence-corrected chi connectivity index (χ1v) is 12.9. The van der Waals surface area contributed by atoms with E-state index in [-0.39, 0.29) is 17.4 Å². The molecule has 1 saturated heterocycles. The van der Waals surface area contributed by atoms with E-state index in [0.717, 1.165) is 58.0 Å². The summed E-state index contributed by atoms with van der Waals surface area (Å²) < 4.78 is 15.1. The number of carbonyl (C=O) groups excluding carboxylic acids is 1. The van der Waals surface area contributed by atoms with Crippen LogP contribution in [-0.4, -0.2) is 75.0 Å². The smallest absolute Gasteiger partial charge is 0.253 e. The lowest BCUT2D eigenvalue weighted by Crippen LogP contribution is -2.61. The normalized spacial score (nSPS) is 19.2. The molecule has 5 rings (SSSR count). The number of halogens is 2. The highest BCUT2D eigenvalue weighted by Gasteiger charge is 2.39. The number of fused-ring (bicyclic) bond motifs is 1. The third-order valence-electron chi connectivity index (χ3n) is 7.70. The minimum Gasteiger partial charge on any atom is -0.350 e. The molecule has 1 saturated carbocycles. The summed E-state index contributed by atoms with van der Waals surface area (Å²) in [7, 11) is 0. The third-order valence-corrected chi connectivity index (χ3v) is 8.01. The molecular formula is C26H32ClFN6O. The Kier molecular flexibility index (Phi) is 7.05. The van der Waals surface area contributed by atoms with Crippen molar-refractivity contribution >= 4 is 28.4 Å². The van der Waals surface area contributed by atoms with Crippen molar-refractivity contribution in [3.05, 3.63) is 53.2 Å². The van der Waals surface area contributed by atoms with Gasteiger partial charge in [-0.2, -0.15) is 0 Å². The molecule has 2 aliphatic rings. The molecule has 186 valence electrons. The van der Waals surface area contributed by atoms with Gasteiger partial charge >= 0.3 is 0 Å². The minimum atomic E-state index is -0.515. The van der Waals surface area contributed by atoms with Gasteiger partial charge in [-0.1, -0.05) is 43.9 Å². The zero-order valence-corrected chi connectivity index (χ0v) is 20.9. The number of benzene rings is 1. The van der Waals surface area contributed by atoms with Crippen molar-refractivity contribution in [3.8, 4) is 5.95 Å². The van der Waals surface area contributed by atoms with Crippen molar-refractivity contribution in [2.24, 2.45) is 0 Å². The van der Waals surface area contributed by atoms with Gasteiger partial charge in [0.05, 0.1) is 28.5 Å². The number of hydrogen-bond donors (Lipinski definition) is 1. The molecule has 0 atom stereocenters. The molecule has 0 bridgehead atoms. The highest BCUT2D eigenvalue weighted by Crippen LogP contribution is 2.35. The highest BCUT2D eigenvalue weighted by atomic mass is 35.5. The van der Waals surface area contributed by atoms with Gasteiger partial charge in [-0.05, 0) is 31.5 Å². The summed E-state index contributed by atoms with van der Waals surface area (Å²) in [5, 5.41) is 4.39. The van der Waals surface area contributed by atoms with E-state index >= 15 is 0 Å². The Morgan fingerprint density at radius 1 is 1.11 bits per heavy atom. The van der Waals surface area contributed by atoms with Crippen LogP contribution in [0.25, 0.3) is 16.9 Å². The summed E-state index contributed by atoms with van der Waals surface area (Å²) in [6.45, 7) is 8.14. The molecule has 1 amide bonds. The van der Waals surface area contributed by atoms with Crippen LogP contribution in [0.1, 0.15) is 49.4 Å². The Morgan fingerprint density at radius 2 is 1.83 bits per heavy atom. The number of aromatic nitrogens is 3. The number of piperazine rings is 1. The Hall–Kier alpha value is -2.55. The Balaban J connectivity index is 1.41. The molecule has 3 aromatic rings. The van der Waals surface area contributed by atoms with Crippen molar-refractivity contribution < 1.29 is 9.18 Å². The monoisotopic (exact) mass is 498 g/mol. The molecule has 35 heavy (non-hydrogen) atoms. The van der Waals surface area contributed by atoms with Crippen LogP contribution in [0.4, 0.5) is 4.39 Å². The topological polar surface area (TPSA) is 66.3 Å². The zero-order chi connectivity index (χ0) is 24.4. The van der Waals surface area contributed by atoms with Gasteiger partial charge in [-0.25, -0.2) is 14.4 Å². The molecule has 1 aliphatic heterocycles. The van der Waals surface area contributed by atoms with E-state index in [1.54, 1.807) is 16.8 Å². The predicted molar refractivity (Wildman–Crippen MR) is 136 cm³/mol. The summed E-state index contributed by atoms with van der Waals surface area (Å²) >= 11 is 6.55. The largest absolute Gasteiger partial charge is 0.350 e. The van der Waals surface area contributed by atoms with E-state index in [2.05, 4.69) is 32.0 Å². The minimum absolute atomic E-state index is 0.00399. The predicted octanol–water partition coefficient (Wildman–Crippen LogP) is 4.28. The van der Waals surface area contributed by atoms with Crippen molar-refractivity contribution in [2.45, 2.75) is 44.6 Å². The quantitative estimate of drug-likeness (QED) is 0.549. The van der Waals surface area contributed by atoms with Crippen LogP contribution in [0.15, 0.2) is 36.8 Å². The van der Waals surface area contributed by atoms with Crippen LogP contribution in [-0.2, 0) is 0 Å². The first kappa shape index (κ1) is 24.2. The zero-order valence-electron chi connectivity index (χ0n) is 20.1. The maximum atomic E-state index is 13.6. The van der Waals surface area contributed by atoms with Gasteiger partial charge in [0, 0.05) is 49.8 Å². The lowest BCUT2D eigenvalue weighted by Gasteiger charge is -2.50. The van der Waals surface area contributed by atoms with Crippen molar-refractivity contribution in [1.29, 1.82) is 0 Å². The maximum absolute atomic E-state index is 13.6. The summed E-state index contributed by atoms with van der Waals surface area (Å²) in [4.78, 5) is 26.9. The molecule has 0 radical (unpaired) electrons. The summed E-state index contributed by atoms with van der Waals surface area (Å²) in [5.41, 5.74) is 1.17. The number of amides is 1. The fourth-order valence-corrected chi connectivity index (χ4v) is 5.98. The molecule has 2 fully saturated rings. The number of nitrogens with zero attached hydrogens (tertiary/aromatic N) is 5. The van der Waals surface area contributed by atoms with Gasteiger partial charge in [0.1, 0.15) is 0 Å². The molecule has 3 heterocycles. The van der Waals surface area contributed by atoms with Crippen LogP contribution in [0.3, 0.4) is 0 Å². The summed E-state index contributed by atoms with van der Waals surface area (Å²) in [6, 6.07) is 5.45. The molecule has 2 aromatic heterocycles. The standard InChI is InChI=1S/C26H32ClFN6O/c1-2-32-11-13-33(14-12-32)26(9-4-3-5-10-26)18-31-24(35)20-17-34(25-29-15-19(28)16-30-25)22-8-6-7-21(27)23(20)22/h6-8,15-17H,2-5,9-14,18H2,1H3,(H,31,35). The second-order valence-electron chi connectivity index (χ2n) is 9.64. The number of likely N-dealkylation sites (N-methyl/N-ethyl adjacent to an activating group) is 1. The maximum Gasteiger partial charge on any atom is 0.253 e. The molecule has 7 nitrogen and oxygen atoms in total. The number of carbonyl (C=O) groups is 1. The van der Waals surface area contributed by atoms with Crippen LogP contribution >= 0.6 is 11.6 Å². The molecule has 0 spiro atoms.